The maximum absolute atomic E-state index is 12.5. The number of esters is 1. The van der Waals surface area contributed by atoms with E-state index in [0.717, 1.165) is 12.0 Å². The Labute approximate surface area is 180 Å². The summed E-state index contributed by atoms with van der Waals surface area (Å²) in [4.78, 5) is 39.5. The van der Waals surface area contributed by atoms with Crippen molar-refractivity contribution < 1.29 is 19.2 Å². The predicted molar refractivity (Wildman–Crippen MR) is 115 cm³/mol. The fraction of sp³-hybridized carbons (Fsp3) is 0.391. The lowest BCUT2D eigenvalue weighted by molar-refractivity contribution is -0.384. The Kier molecular flexibility index (Phi) is 6.16. The fourth-order valence-corrected chi connectivity index (χ4v) is 4.29. The molecule has 8 nitrogen and oxygen atoms in total. The molecule has 0 N–H and O–H groups in total. The Morgan fingerprint density at radius 1 is 1.00 bits per heavy atom. The van der Waals surface area contributed by atoms with E-state index in [1.165, 1.54) is 11.6 Å². The molecule has 0 saturated carbocycles. The first-order valence-electron chi connectivity index (χ1n) is 10.5. The number of amides is 1. The smallest absolute Gasteiger partial charge is 0.309 e. The van der Waals surface area contributed by atoms with Crippen LogP contribution in [0.25, 0.3) is 0 Å². The van der Waals surface area contributed by atoms with Gasteiger partial charge >= 0.3 is 5.97 Å². The van der Waals surface area contributed by atoms with Crippen LogP contribution in [0, 0.1) is 16.0 Å². The van der Waals surface area contributed by atoms with Gasteiger partial charge in [0.2, 0.25) is 0 Å². The highest BCUT2D eigenvalue weighted by Gasteiger charge is 2.30. The molecule has 1 amide bonds. The minimum Gasteiger partial charge on any atom is -0.455 e. The molecular weight excluding hydrogens is 398 g/mol. The van der Waals surface area contributed by atoms with Crippen LogP contribution >= 0.6 is 0 Å². The number of nitro groups is 1. The lowest BCUT2D eigenvalue weighted by Gasteiger charge is -2.32. The largest absolute Gasteiger partial charge is 0.455 e. The molecular formula is C23H25N3O5. The lowest BCUT2D eigenvalue weighted by atomic mass is 9.96. The number of anilines is 1. The van der Waals surface area contributed by atoms with Crippen LogP contribution < -0.4 is 4.90 Å². The third-order valence-corrected chi connectivity index (χ3v) is 6.07. The van der Waals surface area contributed by atoms with Gasteiger partial charge in [-0.05, 0) is 36.5 Å². The number of fused-ring (bicyclic) bond motifs is 1. The highest BCUT2D eigenvalue weighted by molar-refractivity contribution is 5.81. The number of hydrogen-bond acceptors (Lipinski definition) is 6. The maximum atomic E-state index is 12.5. The van der Waals surface area contributed by atoms with Crippen LogP contribution in [-0.2, 0) is 27.3 Å². The molecule has 2 aliphatic heterocycles. The zero-order chi connectivity index (χ0) is 21.8. The second kappa shape index (κ2) is 9.16. The molecule has 1 saturated heterocycles. The van der Waals surface area contributed by atoms with Gasteiger partial charge in [0.1, 0.15) is 5.69 Å². The van der Waals surface area contributed by atoms with Crippen molar-refractivity contribution >= 4 is 23.3 Å². The van der Waals surface area contributed by atoms with Gasteiger partial charge in [-0.25, -0.2) is 0 Å². The van der Waals surface area contributed by atoms with E-state index in [0.29, 0.717) is 44.7 Å². The van der Waals surface area contributed by atoms with Crippen LogP contribution in [0.1, 0.15) is 24.0 Å². The van der Waals surface area contributed by atoms with Gasteiger partial charge in [0.05, 0.1) is 10.8 Å². The summed E-state index contributed by atoms with van der Waals surface area (Å²) in [6, 6.07) is 14.7. The Morgan fingerprint density at radius 2 is 1.68 bits per heavy atom. The van der Waals surface area contributed by atoms with E-state index < -0.39 is 0 Å². The number of nitrogens with zero attached hydrogens (tertiary/aromatic N) is 3. The summed E-state index contributed by atoms with van der Waals surface area (Å²) in [5, 5.41) is 11.3. The molecule has 0 radical (unpaired) electrons. The third-order valence-electron chi connectivity index (χ3n) is 6.07. The predicted octanol–water partition coefficient (Wildman–Crippen LogP) is 2.94. The van der Waals surface area contributed by atoms with Crippen LogP contribution in [0.3, 0.4) is 0 Å². The van der Waals surface area contributed by atoms with Gasteiger partial charge < -0.3 is 14.5 Å². The minimum absolute atomic E-state index is 0.0669. The molecule has 2 aromatic rings. The van der Waals surface area contributed by atoms with Gasteiger partial charge in [-0.2, -0.15) is 0 Å². The van der Waals surface area contributed by atoms with Crippen LogP contribution in [0.5, 0.6) is 0 Å². The normalized spacial score (nSPS) is 16.5. The topological polar surface area (TPSA) is 93.0 Å². The summed E-state index contributed by atoms with van der Waals surface area (Å²) in [6.45, 7) is 1.98. The molecule has 2 heterocycles. The molecule has 2 aromatic carbocycles. The molecule has 8 heteroatoms. The maximum Gasteiger partial charge on any atom is 0.309 e. The molecule has 4 rings (SSSR count). The highest BCUT2D eigenvalue weighted by Crippen LogP contribution is 2.31. The van der Waals surface area contributed by atoms with E-state index in [1.807, 2.05) is 23.1 Å². The molecule has 0 aliphatic carbocycles. The number of carbonyl (C=O) groups is 2. The first kappa shape index (κ1) is 20.8. The number of rotatable bonds is 5. The van der Waals surface area contributed by atoms with Crippen LogP contribution in [0.2, 0.25) is 0 Å². The van der Waals surface area contributed by atoms with Crippen molar-refractivity contribution in [1.82, 2.24) is 4.90 Å². The summed E-state index contributed by atoms with van der Waals surface area (Å²) in [7, 11) is 0. The van der Waals surface area contributed by atoms with Gasteiger partial charge in [0, 0.05) is 32.2 Å². The first-order valence-corrected chi connectivity index (χ1v) is 10.5. The lowest BCUT2D eigenvalue weighted by Crippen LogP contribution is -2.40. The number of ether oxygens (including phenoxy) is 1. The average Bonchev–Trinajstić information content (AvgIpc) is 2.82. The first-order chi connectivity index (χ1) is 15.0. The molecule has 0 unspecified atom stereocenters. The minimum atomic E-state index is -0.389. The molecule has 2 aliphatic rings. The second-order valence-corrected chi connectivity index (χ2v) is 7.95. The fourth-order valence-electron chi connectivity index (χ4n) is 4.29. The van der Waals surface area contributed by atoms with Gasteiger partial charge in [0.25, 0.3) is 11.6 Å². The van der Waals surface area contributed by atoms with E-state index in [4.69, 9.17) is 4.74 Å². The second-order valence-electron chi connectivity index (χ2n) is 7.95. The number of hydrogen-bond donors (Lipinski definition) is 0. The van der Waals surface area contributed by atoms with Crippen molar-refractivity contribution in [2.24, 2.45) is 5.92 Å². The SMILES string of the molecule is O=C(OCC(=O)N1CCc2ccccc2C1)C1CCN(c2ccccc2[N+](=O)[O-])CC1. The van der Waals surface area contributed by atoms with E-state index in [1.54, 1.807) is 23.1 Å². The number of benzene rings is 2. The number of nitro benzene ring substituents is 1. The van der Waals surface area contributed by atoms with E-state index in [9.17, 15) is 19.7 Å². The molecule has 0 aromatic heterocycles. The van der Waals surface area contributed by atoms with Gasteiger partial charge in [-0.1, -0.05) is 36.4 Å². The zero-order valence-corrected chi connectivity index (χ0v) is 17.2. The van der Waals surface area contributed by atoms with Crippen molar-refractivity contribution in [2.45, 2.75) is 25.8 Å². The number of piperidine rings is 1. The monoisotopic (exact) mass is 423 g/mol. The summed E-state index contributed by atoms with van der Waals surface area (Å²) >= 11 is 0. The molecule has 31 heavy (non-hydrogen) atoms. The number of para-hydroxylation sites is 2. The van der Waals surface area contributed by atoms with Gasteiger partial charge in [0.15, 0.2) is 6.61 Å². The Bertz CT molecular complexity index is 985. The molecule has 0 bridgehead atoms. The van der Waals surface area contributed by atoms with Gasteiger partial charge in [-0.3, -0.25) is 19.7 Å². The molecule has 0 atom stereocenters. The Morgan fingerprint density at radius 3 is 2.42 bits per heavy atom. The summed E-state index contributed by atoms with van der Waals surface area (Å²) in [5.41, 5.74) is 3.03. The van der Waals surface area contributed by atoms with E-state index in [2.05, 4.69) is 6.07 Å². The molecule has 1 fully saturated rings. The quantitative estimate of drug-likeness (QED) is 0.417. The third kappa shape index (κ3) is 4.68. The van der Waals surface area contributed by atoms with Gasteiger partial charge in [-0.15, -0.1) is 0 Å². The van der Waals surface area contributed by atoms with E-state index >= 15 is 0 Å². The standard InChI is InChI=1S/C23H25N3O5/c27-22(25-14-9-17-5-1-2-6-19(17)15-25)16-31-23(28)18-10-12-24(13-11-18)20-7-3-4-8-21(20)26(29)30/h1-8,18H,9-16H2. The Hall–Kier alpha value is -3.42. The summed E-state index contributed by atoms with van der Waals surface area (Å²) in [6.07, 6.45) is 1.88. The number of carbonyl (C=O) groups excluding carboxylic acids is 2. The van der Waals surface area contributed by atoms with Crippen LogP contribution in [-0.4, -0.2) is 47.9 Å². The van der Waals surface area contributed by atoms with E-state index in [-0.39, 0.29) is 35.0 Å². The van der Waals surface area contributed by atoms with Crippen molar-refractivity contribution in [3.63, 3.8) is 0 Å². The van der Waals surface area contributed by atoms with Crippen LogP contribution in [0.4, 0.5) is 11.4 Å². The zero-order valence-electron chi connectivity index (χ0n) is 17.2. The van der Waals surface area contributed by atoms with Crippen molar-refractivity contribution in [3.8, 4) is 0 Å². The highest BCUT2D eigenvalue weighted by atomic mass is 16.6. The van der Waals surface area contributed by atoms with Crippen molar-refractivity contribution in [1.29, 1.82) is 0 Å². The molecule has 162 valence electrons. The Balaban J connectivity index is 1.26. The van der Waals surface area contributed by atoms with Crippen LogP contribution in [0.15, 0.2) is 48.5 Å². The summed E-state index contributed by atoms with van der Waals surface area (Å²) < 4.78 is 5.33. The van der Waals surface area contributed by atoms with Crippen molar-refractivity contribution in [2.75, 3.05) is 31.1 Å². The summed E-state index contributed by atoms with van der Waals surface area (Å²) in [5.74, 6) is -0.845. The van der Waals surface area contributed by atoms with Crippen molar-refractivity contribution in [3.05, 3.63) is 69.8 Å². The molecule has 0 spiro atoms. The average molecular weight is 423 g/mol.